The predicted molar refractivity (Wildman–Crippen MR) is 128 cm³/mol. The molecule has 0 saturated carbocycles. The normalized spacial score (nSPS) is 11.9. The van der Waals surface area contributed by atoms with Crippen molar-refractivity contribution in [2.45, 2.75) is 84.8 Å². The van der Waals surface area contributed by atoms with Crippen LogP contribution < -0.4 is 16.0 Å². The zero-order valence-corrected chi connectivity index (χ0v) is 21.5. The van der Waals surface area contributed by atoms with E-state index in [1.54, 1.807) is 7.05 Å². The van der Waals surface area contributed by atoms with Gasteiger partial charge in [-0.3, -0.25) is 9.79 Å². The molecule has 0 atom stereocenters. The number of alkyl carbamates (subject to hydrolysis) is 1. The SMILES string of the molecule is CCOC(=O)CCCCCCNC(=NC)NCC(C)(C)NC(=O)OC(C)(C)C.I. The molecule has 0 bridgehead atoms. The lowest BCUT2D eigenvalue weighted by molar-refractivity contribution is -0.143. The van der Waals surface area contributed by atoms with Crippen LogP contribution >= 0.6 is 24.0 Å². The summed E-state index contributed by atoms with van der Waals surface area (Å²) in [5, 5.41) is 9.33. The lowest BCUT2D eigenvalue weighted by Crippen LogP contribution is -2.54. The van der Waals surface area contributed by atoms with Gasteiger partial charge in [-0.25, -0.2) is 4.79 Å². The molecule has 0 unspecified atom stereocenters. The van der Waals surface area contributed by atoms with E-state index in [9.17, 15) is 9.59 Å². The number of ether oxygens (including phenoxy) is 2. The highest BCUT2D eigenvalue weighted by molar-refractivity contribution is 14.0. The molecule has 0 spiro atoms. The van der Waals surface area contributed by atoms with Crippen molar-refractivity contribution in [2.75, 3.05) is 26.7 Å². The number of hydrogen-bond donors (Lipinski definition) is 3. The van der Waals surface area contributed by atoms with Gasteiger partial charge in [-0.1, -0.05) is 12.8 Å². The Labute approximate surface area is 193 Å². The maximum atomic E-state index is 11.9. The molecule has 0 fully saturated rings. The number of halogens is 1. The molecule has 1 amide bonds. The quantitative estimate of drug-likeness (QED) is 0.125. The lowest BCUT2D eigenvalue weighted by atomic mass is 10.1. The lowest BCUT2D eigenvalue weighted by Gasteiger charge is -2.29. The molecule has 29 heavy (non-hydrogen) atoms. The molecule has 0 aromatic heterocycles. The average molecular weight is 528 g/mol. The zero-order valence-electron chi connectivity index (χ0n) is 19.1. The van der Waals surface area contributed by atoms with Crippen molar-refractivity contribution in [1.29, 1.82) is 0 Å². The van der Waals surface area contributed by atoms with Gasteiger partial charge < -0.3 is 25.4 Å². The van der Waals surface area contributed by atoms with E-state index < -0.39 is 17.2 Å². The molecule has 0 aromatic carbocycles. The third-order valence-electron chi connectivity index (χ3n) is 3.67. The first-order valence-electron chi connectivity index (χ1n) is 10.1. The van der Waals surface area contributed by atoms with Gasteiger partial charge in [0.1, 0.15) is 5.60 Å². The Hall–Kier alpha value is -1.26. The van der Waals surface area contributed by atoms with Crippen LogP contribution in [0, 0.1) is 0 Å². The first-order chi connectivity index (χ1) is 13.0. The molecule has 0 radical (unpaired) electrons. The van der Waals surface area contributed by atoms with Gasteiger partial charge in [-0.15, -0.1) is 24.0 Å². The highest BCUT2D eigenvalue weighted by atomic mass is 127. The Morgan fingerprint density at radius 3 is 2.14 bits per heavy atom. The van der Waals surface area contributed by atoms with Gasteiger partial charge in [0.2, 0.25) is 0 Å². The van der Waals surface area contributed by atoms with Crippen LogP contribution in [0.3, 0.4) is 0 Å². The van der Waals surface area contributed by atoms with Crippen LogP contribution in [0.2, 0.25) is 0 Å². The summed E-state index contributed by atoms with van der Waals surface area (Å²) in [5.41, 5.74) is -1.02. The Morgan fingerprint density at radius 2 is 1.59 bits per heavy atom. The second-order valence-electron chi connectivity index (χ2n) is 8.33. The third kappa shape index (κ3) is 18.5. The van der Waals surface area contributed by atoms with Gasteiger partial charge in [0.05, 0.1) is 12.1 Å². The highest BCUT2D eigenvalue weighted by Gasteiger charge is 2.24. The fraction of sp³-hybridized carbons (Fsp3) is 0.850. The van der Waals surface area contributed by atoms with Crippen LogP contribution in [0.25, 0.3) is 0 Å². The average Bonchev–Trinajstić information content (AvgIpc) is 2.54. The van der Waals surface area contributed by atoms with E-state index in [4.69, 9.17) is 9.47 Å². The molecule has 0 aliphatic carbocycles. The number of carbonyl (C=O) groups is 2. The minimum atomic E-state index is -0.526. The first kappa shape index (κ1) is 29.9. The first-order valence-corrected chi connectivity index (χ1v) is 10.1. The Morgan fingerprint density at radius 1 is 0.966 bits per heavy atom. The van der Waals surface area contributed by atoms with Crippen molar-refractivity contribution in [2.24, 2.45) is 4.99 Å². The van der Waals surface area contributed by atoms with Crippen LogP contribution in [-0.4, -0.2) is 55.9 Å². The van der Waals surface area contributed by atoms with E-state index in [0.29, 0.717) is 25.5 Å². The maximum Gasteiger partial charge on any atom is 0.408 e. The van der Waals surface area contributed by atoms with Crippen molar-refractivity contribution in [1.82, 2.24) is 16.0 Å². The fourth-order valence-electron chi connectivity index (χ4n) is 2.34. The highest BCUT2D eigenvalue weighted by Crippen LogP contribution is 2.09. The van der Waals surface area contributed by atoms with Crippen LogP contribution in [0.5, 0.6) is 0 Å². The summed E-state index contributed by atoms with van der Waals surface area (Å²) in [5.74, 6) is 0.568. The van der Waals surface area contributed by atoms with E-state index >= 15 is 0 Å². The van der Waals surface area contributed by atoms with Crippen LogP contribution in [-0.2, 0) is 14.3 Å². The maximum absolute atomic E-state index is 11.9. The Balaban J connectivity index is 0. The molecule has 3 N–H and O–H groups in total. The zero-order chi connectivity index (χ0) is 21.6. The van der Waals surface area contributed by atoms with Crippen molar-refractivity contribution >= 4 is 42.0 Å². The molecule has 0 heterocycles. The summed E-state index contributed by atoms with van der Waals surface area (Å²) in [6.07, 6.45) is 3.93. The number of hydrogen-bond acceptors (Lipinski definition) is 5. The molecule has 0 aliphatic heterocycles. The van der Waals surface area contributed by atoms with E-state index in [2.05, 4.69) is 20.9 Å². The molecule has 8 nitrogen and oxygen atoms in total. The van der Waals surface area contributed by atoms with Crippen molar-refractivity contribution < 1.29 is 19.1 Å². The summed E-state index contributed by atoms with van der Waals surface area (Å²) < 4.78 is 10.2. The Kier molecular flexibility index (Phi) is 16.1. The summed E-state index contributed by atoms with van der Waals surface area (Å²) in [6.45, 7) is 12.9. The number of esters is 1. The van der Waals surface area contributed by atoms with Gasteiger partial charge in [0, 0.05) is 26.6 Å². The predicted octanol–water partition coefficient (Wildman–Crippen LogP) is 3.59. The molecular formula is C20H41IN4O4. The van der Waals surface area contributed by atoms with Crippen molar-refractivity contribution in [3.8, 4) is 0 Å². The summed E-state index contributed by atoms with van der Waals surface area (Å²) >= 11 is 0. The minimum Gasteiger partial charge on any atom is -0.466 e. The smallest absolute Gasteiger partial charge is 0.408 e. The minimum absolute atomic E-state index is 0. The number of carbonyl (C=O) groups excluding carboxylic acids is 2. The van der Waals surface area contributed by atoms with Gasteiger partial charge in [-0.05, 0) is 54.4 Å². The number of unbranched alkanes of at least 4 members (excludes halogenated alkanes) is 3. The number of nitrogens with zero attached hydrogens (tertiary/aromatic N) is 1. The van der Waals surface area contributed by atoms with Crippen molar-refractivity contribution in [3.63, 3.8) is 0 Å². The number of amides is 1. The van der Waals surface area contributed by atoms with E-state index in [1.807, 2.05) is 41.5 Å². The number of guanidine groups is 1. The van der Waals surface area contributed by atoms with Crippen LogP contribution in [0.1, 0.15) is 73.6 Å². The Bertz CT molecular complexity index is 505. The van der Waals surface area contributed by atoms with Gasteiger partial charge in [-0.2, -0.15) is 0 Å². The summed E-state index contributed by atoms with van der Waals surface area (Å²) in [6, 6.07) is 0. The molecule has 172 valence electrons. The second-order valence-corrected chi connectivity index (χ2v) is 8.33. The molecule has 9 heteroatoms. The molecule has 0 rings (SSSR count). The van der Waals surface area contributed by atoms with Crippen LogP contribution in [0.15, 0.2) is 4.99 Å². The van der Waals surface area contributed by atoms with E-state index in [1.165, 1.54) is 0 Å². The number of nitrogens with one attached hydrogen (secondary N) is 3. The van der Waals surface area contributed by atoms with Crippen molar-refractivity contribution in [3.05, 3.63) is 0 Å². The van der Waals surface area contributed by atoms with E-state index in [-0.39, 0.29) is 29.9 Å². The van der Waals surface area contributed by atoms with Gasteiger partial charge >= 0.3 is 12.1 Å². The van der Waals surface area contributed by atoms with Gasteiger partial charge in [0.25, 0.3) is 0 Å². The second kappa shape index (κ2) is 15.6. The molecule has 0 saturated heterocycles. The standard InChI is InChI=1S/C20H40N4O4.HI/c1-8-27-16(25)13-11-9-10-12-14-22-17(21-7)23-15-20(5,6)24-18(26)28-19(2,3)4;/h8-15H2,1-7H3,(H,24,26)(H2,21,22,23);1H. The number of rotatable bonds is 11. The summed E-state index contributed by atoms with van der Waals surface area (Å²) in [4.78, 5) is 27.4. The molecule has 0 aromatic rings. The van der Waals surface area contributed by atoms with E-state index in [0.717, 1.165) is 32.2 Å². The molecule has 0 aliphatic rings. The van der Waals surface area contributed by atoms with Crippen LogP contribution in [0.4, 0.5) is 4.79 Å². The largest absolute Gasteiger partial charge is 0.466 e. The third-order valence-corrected chi connectivity index (χ3v) is 3.67. The monoisotopic (exact) mass is 528 g/mol. The topological polar surface area (TPSA) is 101 Å². The number of aliphatic imine (C=N–C) groups is 1. The summed E-state index contributed by atoms with van der Waals surface area (Å²) in [7, 11) is 1.71. The fourth-order valence-corrected chi connectivity index (χ4v) is 2.34. The van der Waals surface area contributed by atoms with Gasteiger partial charge in [0.15, 0.2) is 5.96 Å². The molecular weight excluding hydrogens is 487 g/mol.